The number of Topliss-reactive ketones (excluding diaryl/α,β-unsaturated/α-hetero) is 1. The van der Waals surface area contributed by atoms with Crippen molar-refractivity contribution >= 4 is 23.2 Å². The van der Waals surface area contributed by atoms with Crippen molar-refractivity contribution in [2.75, 3.05) is 0 Å². The average molecular weight is 325 g/mol. The van der Waals surface area contributed by atoms with Crippen molar-refractivity contribution in [2.45, 2.75) is 6.10 Å². The van der Waals surface area contributed by atoms with Gasteiger partial charge in [0.05, 0.1) is 10.5 Å². The first-order valence-corrected chi connectivity index (χ1v) is 6.97. The van der Waals surface area contributed by atoms with E-state index in [9.17, 15) is 24.8 Å². The van der Waals surface area contributed by atoms with Crippen LogP contribution in [0.3, 0.4) is 0 Å². The van der Waals surface area contributed by atoms with Crippen molar-refractivity contribution in [1.82, 2.24) is 0 Å². The minimum atomic E-state index is -1.19. The number of non-ortho nitro benzene ring substituents is 1. The number of rotatable bonds is 3. The van der Waals surface area contributed by atoms with Gasteiger partial charge >= 0.3 is 5.97 Å². The molecule has 1 heterocycles. The highest BCUT2D eigenvalue weighted by Crippen LogP contribution is 2.37. The van der Waals surface area contributed by atoms with Gasteiger partial charge in [0.2, 0.25) is 0 Å². The summed E-state index contributed by atoms with van der Waals surface area (Å²) in [5.41, 5.74) is 0.142. The molecule has 2 aromatic rings. The van der Waals surface area contributed by atoms with Crippen molar-refractivity contribution in [2.24, 2.45) is 0 Å². The Kier molecular flexibility index (Phi) is 3.83. The maximum absolute atomic E-state index is 12.1. The van der Waals surface area contributed by atoms with E-state index in [0.717, 1.165) is 0 Å². The molecule has 24 heavy (non-hydrogen) atoms. The third kappa shape index (κ3) is 2.63. The number of cyclic esters (lactones) is 1. The molecular formula is C17H11NO6. The summed E-state index contributed by atoms with van der Waals surface area (Å²) < 4.78 is 5.02. The Hall–Kier alpha value is -3.48. The molecule has 2 aromatic carbocycles. The molecule has 1 atom stereocenters. The van der Waals surface area contributed by atoms with Crippen LogP contribution >= 0.6 is 0 Å². The second-order valence-electron chi connectivity index (χ2n) is 5.09. The fourth-order valence-corrected chi connectivity index (χ4v) is 2.47. The highest BCUT2D eigenvalue weighted by molar-refractivity contribution is 6.44. The lowest BCUT2D eigenvalue weighted by Gasteiger charge is -2.12. The molecule has 3 rings (SSSR count). The van der Waals surface area contributed by atoms with Gasteiger partial charge in [0, 0.05) is 23.3 Å². The van der Waals surface area contributed by atoms with Crippen LogP contribution in [-0.4, -0.2) is 21.8 Å². The van der Waals surface area contributed by atoms with Crippen molar-refractivity contribution in [1.29, 1.82) is 0 Å². The first-order chi connectivity index (χ1) is 11.5. The normalized spacial score (nSPS) is 19.1. The number of nitro benzene ring substituents is 1. The lowest BCUT2D eigenvalue weighted by atomic mass is 9.96. The van der Waals surface area contributed by atoms with Gasteiger partial charge < -0.3 is 9.84 Å². The molecule has 0 spiro atoms. The number of ketones is 1. The minimum Gasteiger partial charge on any atom is -0.507 e. The van der Waals surface area contributed by atoms with Crippen LogP contribution in [-0.2, 0) is 14.3 Å². The highest BCUT2D eigenvalue weighted by atomic mass is 16.6. The number of aliphatic hydroxyl groups is 1. The van der Waals surface area contributed by atoms with Crippen molar-refractivity contribution in [3.05, 3.63) is 81.4 Å². The predicted octanol–water partition coefficient (Wildman–Crippen LogP) is 2.73. The van der Waals surface area contributed by atoms with Crippen LogP contribution in [0, 0.1) is 10.1 Å². The van der Waals surface area contributed by atoms with Crippen LogP contribution < -0.4 is 0 Å². The maximum atomic E-state index is 12.1. The first kappa shape index (κ1) is 15.4. The van der Waals surface area contributed by atoms with Gasteiger partial charge in [-0.2, -0.15) is 0 Å². The van der Waals surface area contributed by atoms with Crippen LogP contribution in [0.2, 0.25) is 0 Å². The van der Waals surface area contributed by atoms with E-state index in [4.69, 9.17) is 4.74 Å². The zero-order valence-corrected chi connectivity index (χ0v) is 12.2. The molecule has 7 heteroatoms. The number of esters is 1. The van der Waals surface area contributed by atoms with E-state index < -0.39 is 22.8 Å². The number of ether oxygens (including phenoxy) is 1. The summed E-state index contributed by atoms with van der Waals surface area (Å²) in [5, 5.41) is 21.3. The Labute approximate surface area is 136 Å². The molecule has 1 saturated heterocycles. The van der Waals surface area contributed by atoms with E-state index in [1.54, 1.807) is 30.3 Å². The van der Waals surface area contributed by atoms with Crippen LogP contribution in [0.15, 0.2) is 60.2 Å². The number of benzene rings is 2. The van der Waals surface area contributed by atoms with Gasteiger partial charge in [-0.05, 0) is 0 Å². The number of nitrogens with zero attached hydrogens (tertiary/aromatic N) is 1. The van der Waals surface area contributed by atoms with Gasteiger partial charge in [-0.3, -0.25) is 14.9 Å². The fourth-order valence-electron chi connectivity index (χ4n) is 2.47. The van der Waals surface area contributed by atoms with E-state index in [1.807, 2.05) is 0 Å². The average Bonchev–Trinajstić information content (AvgIpc) is 2.90. The van der Waals surface area contributed by atoms with Crippen molar-refractivity contribution in [3.8, 4) is 0 Å². The summed E-state index contributed by atoms with van der Waals surface area (Å²) in [5.74, 6) is -2.46. The summed E-state index contributed by atoms with van der Waals surface area (Å²) in [7, 11) is 0. The molecule has 1 aliphatic rings. The van der Waals surface area contributed by atoms with Crippen LogP contribution in [0.5, 0.6) is 0 Å². The number of hydrogen-bond donors (Lipinski definition) is 1. The molecule has 0 radical (unpaired) electrons. The first-order valence-electron chi connectivity index (χ1n) is 6.97. The van der Waals surface area contributed by atoms with Gasteiger partial charge in [0.25, 0.3) is 11.5 Å². The van der Waals surface area contributed by atoms with Crippen LogP contribution in [0.1, 0.15) is 17.2 Å². The SMILES string of the molecule is O=C1O[C@H](c2cccc([N+](=O)[O-])c2)C(=C(O)c2ccccc2)C1=O. The lowest BCUT2D eigenvalue weighted by Crippen LogP contribution is -2.08. The fraction of sp³-hybridized carbons (Fsp3) is 0.0588. The van der Waals surface area contributed by atoms with Gasteiger partial charge in [0.1, 0.15) is 5.76 Å². The summed E-state index contributed by atoms with van der Waals surface area (Å²) in [6.07, 6.45) is -1.19. The zero-order chi connectivity index (χ0) is 17.3. The molecule has 0 bridgehead atoms. The van der Waals surface area contributed by atoms with E-state index in [2.05, 4.69) is 0 Å². The minimum absolute atomic E-state index is 0.207. The Bertz CT molecular complexity index is 872. The highest BCUT2D eigenvalue weighted by Gasteiger charge is 2.42. The van der Waals surface area contributed by atoms with E-state index in [-0.39, 0.29) is 22.6 Å². The molecule has 0 aliphatic carbocycles. The number of aliphatic hydroxyl groups excluding tert-OH is 1. The summed E-state index contributed by atoms with van der Waals surface area (Å²) >= 11 is 0. The van der Waals surface area contributed by atoms with Gasteiger partial charge in [-0.25, -0.2) is 4.79 Å². The zero-order valence-electron chi connectivity index (χ0n) is 12.2. The maximum Gasteiger partial charge on any atom is 0.380 e. The quantitative estimate of drug-likeness (QED) is 0.232. The summed E-state index contributed by atoms with van der Waals surface area (Å²) in [6, 6.07) is 13.6. The Morgan fingerprint density at radius 2 is 1.79 bits per heavy atom. The second-order valence-corrected chi connectivity index (χ2v) is 5.09. The molecule has 0 amide bonds. The molecule has 1 aliphatic heterocycles. The molecule has 7 nitrogen and oxygen atoms in total. The smallest absolute Gasteiger partial charge is 0.380 e. The third-order valence-electron chi connectivity index (χ3n) is 3.60. The van der Waals surface area contributed by atoms with Gasteiger partial charge in [-0.1, -0.05) is 42.5 Å². The van der Waals surface area contributed by atoms with Gasteiger partial charge in [-0.15, -0.1) is 0 Å². The molecular weight excluding hydrogens is 314 g/mol. The predicted molar refractivity (Wildman–Crippen MR) is 82.9 cm³/mol. The van der Waals surface area contributed by atoms with Crippen LogP contribution in [0.25, 0.3) is 5.76 Å². The van der Waals surface area contributed by atoms with E-state index in [1.165, 1.54) is 24.3 Å². The number of hydrogen-bond acceptors (Lipinski definition) is 6. The second kappa shape index (κ2) is 5.96. The Morgan fingerprint density at radius 3 is 2.46 bits per heavy atom. The molecule has 120 valence electrons. The number of carbonyl (C=O) groups is 2. The molecule has 0 saturated carbocycles. The van der Waals surface area contributed by atoms with Crippen LogP contribution in [0.4, 0.5) is 5.69 Å². The van der Waals surface area contributed by atoms with Crippen molar-refractivity contribution < 1.29 is 24.4 Å². The third-order valence-corrected chi connectivity index (χ3v) is 3.60. The standard InChI is InChI=1S/C17H11NO6/c19-14(10-5-2-1-3-6-10)13-15(20)17(21)24-16(13)11-7-4-8-12(9-11)18(22)23/h1-9,16,19H/t16-/m1/s1. The lowest BCUT2D eigenvalue weighted by molar-refractivity contribution is -0.385. The summed E-state index contributed by atoms with van der Waals surface area (Å²) in [6.45, 7) is 0. The topological polar surface area (TPSA) is 107 Å². The summed E-state index contributed by atoms with van der Waals surface area (Å²) in [4.78, 5) is 34.1. The molecule has 0 aromatic heterocycles. The van der Waals surface area contributed by atoms with Gasteiger partial charge in [0.15, 0.2) is 6.10 Å². The molecule has 1 N–H and O–H groups in total. The monoisotopic (exact) mass is 325 g/mol. The molecule has 1 fully saturated rings. The number of nitro groups is 1. The Balaban J connectivity index is 2.13. The number of carbonyl (C=O) groups excluding carboxylic acids is 2. The van der Waals surface area contributed by atoms with Crippen molar-refractivity contribution in [3.63, 3.8) is 0 Å². The Morgan fingerprint density at radius 1 is 1.08 bits per heavy atom. The van der Waals surface area contributed by atoms with E-state index >= 15 is 0 Å². The molecule has 0 unspecified atom stereocenters. The van der Waals surface area contributed by atoms with E-state index in [0.29, 0.717) is 5.56 Å². The largest absolute Gasteiger partial charge is 0.507 e.